The molecular weight excluding hydrogens is 316 g/mol. The molecule has 4 rings (SSSR count). The van der Waals surface area contributed by atoms with Crippen molar-refractivity contribution >= 4 is 17.3 Å². The maximum Gasteiger partial charge on any atom is 0.269 e. The first-order valence-electron chi connectivity index (χ1n) is 8.85. The number of carbonyl (C=O) groups is 1. The summed E-state index contributed by atoms with van der Waals surface area (Å²) in [6.07, 6.45) is 4.83. The van der Waals surface area contributed by atoms with Gasteiger partial charge < -0.3 is 9.80 Å². The Morgan fingerprint density at radius 1 is 1.24 bits per heavy atom. The highest BCUT2D eigenvalue weighted by Crippen LogP contribution is 2.31. The number of benzene rings is 1. The fourth-order valence-corrected chi connectivity index (χ4v) is 3.84. The van der Waals surface area contributed by atoms with E-state index < -0.39 is 0 Å². The summed E-state index contributed by atoms with van der Waals surface area (Å²) >= 11 is 0. The lowest BCUT2D eigenvalue weighted by Gasteiger charge is -2.23. The van der Waals surface area contributed by atoms with Crippen molar-refractivity contribution < 1.29 is 4.79 Å². The maximum absolute atomic E-state index is 12.8. The fourth-order valence-electron chi connectivity index (χ4n) is 3.84. The smallest absolute Gasteiger partial charge is 0.269 e. The second-order valence-corrected chi connectivity index (χ2v) is 6.85. The molecule has 0 N–H and O–H groups in total. The standard InChI is InChI=1S/C19H22N4O2/c1-14-10-15-6-2-3-7-17(15)23(14)19(25)13-22-18(24)11-16(12-20-22)21-8-4-5-9-21/h2-3,6-7,11-12,14H,4-5,8-10,13H2,1H3. The predicted octanol–water partition coefficient (Wildman–Crippen LogP) is 1.82. The zero-order valence-corrected chi connectivity index (χ0v) is 14.4. The van der Waals surface area contributed by atoms with Crippen molar-refractivity contribution in [3.63, 3.8) is 0 Å². The molecule has 2 aliphatic rings. The number of nitrogens with zero attached hydrogens (tertiary/aromatic N) is 4. The minimum absolute atomic E-state index is 0.0300. The van der Waals surface area contributed by atoms with Gasteiger partial charge in [0.2, 0.25) is 5.91 Å². The van der Waals surface area contributed by atoms with E-state index in [0.717, 1.165) is 43.7 Å². The zero-order valence-electron chi connectivity index (χ0n) is 14.4. The summed E-state index contributed by atoms with van der Waals surface area (Å²) in [6, 6.07) is 9.63. The third kappa shape index (κ3) is 2.92. The van der Waals surface area contributed by atoms with Crippen molar-refractivity contribution in [2.45, 2.75) is 38.8 Å². The van der Waals surface area contributed by atoms with Gasteiger partial charge in [-0.25, -0.2) is 4.68 Å². The van der Waals surface area contributed by atoms with E-state index in [1.807, 2.05) is 31.2 Å². The van der Waals surface area contributed by atoms with Gasteiger partial charge in [0.15, 0.2) is 0 Å². The van der Waals surface area contributed by atoms with Gasteiger partial charge in [-0.15, -0.1) is 0 Å². The summed E-state index contributed by atoms with van der Waals surface area (Å²) in [5.41, 5.74) is 2.75. The van der Waals surface area contributed by atoms with Crippen LogP contribution in [0.25, 0.3) is 0 Å². The molecule has 1 fully saturated rings. The number of fused-ring (bicyclic) bond motifs is 1. The Kier molecular flexibility index (Phi) is 4.03. The van der Waals surface area contributed by atoms with Crippen molar-refractivity contribution in [1.29, 1.82) is 0 Å². The number of anilines is 2. The van der Waals surface area contributed by atoms with Crippen LogP contribution in [0.1, 0.15) is 25.3 Å². The van der Waals surface area contributed by atoms with Crippen LogP contribution in [0.15, 0.2) is 41.3 Å². The van der Waals surface area contributed by atoms with E-state index in [0.29, 0.717) is 0 Å². The largest absolute Gasteiger partial charge is 0.370 e. The molecule has 1 amide bonds. The number of hydrogen-bond acceptors (Lipinski definition) is 4. The molecule has 2 aromatic rings. The lowest BCUT2D eigenvalue weighted by Crippen LogP contribution is -2.40. The van der Waals surface area contributed by atoms with E-state index in [1.165, 1.54) is 10.2 Å². The number of amides is 1. The molecule has 1 saturated heterocycles. The molecule has 130 valence electrons. The molecule has 1 aromatic heterocycles. The summed E-state index contributed by atoms with van der Waals surface area (Å²) < 4.78 is 1.26. The number of rotatable bonds is 3. The van der Waals surface area contributed by atoms with Gasteiger partial charge in [0.1, 0.15) is 6.54 Å². The summed E-state index contributed by atoms with van der Waals surface area (Å²) in [7, 11) is 0. The van der Waals surface area contributed by atoms with E-state index in [1.54, 1.807) is 17.2 Å². The van der Waals surface area contributed by atoms with Crippen molar-refractivity contribution in [3.05, 3.63) is 52.4 Å². The Morgan fingerprint density at radius 2 is 2.00 bits per heavy atom. The third-order valence-corrected chi connectivity index (χ3v) is 5.09. The molecule has 1 aromatic carbocycles. The topological polar surface area (TPSA) is 58.4 Å². The zero-order chi connectivity index (χ0) is 17.4. The number of para-hydroxylation sites is 1. The Balaban J connectivity index is 1.54. The van der Waals surface area contributed by atoms with Gasteiger partial charge in [0.05, 0.1) is 11.9 Å². The molecule has 0 aliphatic carbocycles. The minimum atomic E-state index is -0.224. The summed E-state index contributed by atoms with van der Waals surface area (Å²) in [6.45, 7) is 3.93. The monoisotopic (exact) mass is 338 g/mol. The van der Waals surface area contributed by atoms with Crippen LogP contribution in [0.5, 0.6) is 0 Å². The van der Waals surface area contributed by atoms with Crippen LogP contribution < -0.4 is 15.4 Å². The van der Waals surface area contributed by atoms with Gasteiger partial charge in [0.25, 0.3) is 5.56 Å². The Bertz CT molecular complexity index is 854. The first-order valence-corrected chi connectivity index (χ1v) is 8.85. The first-order chi connectivity index (χ1) is 12.1. The van der Waals surface area contributed by atoms with Crippen molar-refractivity contribution in [2.24, 2.45) is 0 Å². The van der Waals surface area contributed by atoms with E-state index in [2.05, 4.69) is 10.00 Å². The fraction of sp³-hybridized carbons (Fsp3) is 0.421. The van der Waals surface area contributed by atoms with Crippen LogP contribution >= 0.6 is 0 Å². The van der Waals surface area contributed by atoms with Crippen molar-refractivity contribution in [2.75, 3.05) is 22.9 Å². The molecule has 1 atom stereocenters. The van der Waals surface area contributed by atoms with Crippen molar-refractivity contribution in [1.82, 2.24) is 9.78 Å². The summed E-state index contributed by atoms with van der Waals surface area (Å²) in [5.74, 6) is -0.0963. The molecule has 6 nitrogen and oxygen atoms in total. The lowest BCUT2D eigenvalue weighted by molar-refractivity contribution is -0.119. The van der Waals surface area contributed by atoms with E-state index in [9.17, 15) is 9.59 Å². The summed E-state index contributed by atoms with van der Waals surface area (Å²) in [4.78, 5) is 29.1. The molecule has 0 spiro atoms. The number of aromatic nitrogens is 2. The molecule has 3 heterocycles. The number of hydrogen-bond donors (Lipinski definition) is 0. The van der Waals surface area contributed by atoms with Crippen LogP contribution in [-0.4, -0.2) is 34.8 Å². The first kappa shape index (κ1) is 15.9. The maximum atomic E-state index is 12.8. The molecule has 6 heteroatoms. The molecule has 0 bridgehead atoms. The van der Waals surface area contributed by atoms with Crippen LogP contribution in [0.3, 0.4) is 0 Å². The van der Waals surface area contributed by atoms with Gasteiger partial charge in [-0.05, 0) is 37.8 Å². The number of carbonyl (C=O) groups excluding carboxylic acids is 1. The predicted molar refractivity (Wildman–Crippen MR) is 97.0 cm³/mol. The normalized spacial score (nSPS) is 19.3. The summed E-state index contributed by atoms with van der Waals surface area (Å²) in [5, 5.41) is 4.23. The molecule has 0 saturated carbocycles. The average molecular weight is 338 g/mol. The van der Waals surface area contributed by atoms with Crippen molar-refractivity contribution in [3.8, 4) is 0 Å². The van der Waals surface area contributed by atoms with Crippen LogP contribution in [0.4, 0.5) is 11.4 Å². The highest BCUT2D eigenvalue weighted by Gasteiger charge is 2.30. The third-order valence-electron chi connectivity index (χ3n) is 5.09. The van der Waals surface area contributed by atoms with Crippen LogP contribution in [0.2, 0.25) is 0 Å². The van der Waals surface area contributed by atoms with Gasteiger partial charge in [0, 0.05) is 30.9 Å². The van der Waals surface area contributed by atoms with E-state index >= 15 is 0 Å². The molecular formula is C19H22N4O2. The van der Waals surface area contributed by atoms with Crippen LogP contribution in [0, 0.1) is 0 Å². The molecule has 1 unspecified atom stereocenters. The Hall–Kier alpha value is -2.63. The molecule has 0 radical (unpaired) electrons. The van der Waals surface area contributed by atoms with E-state index in [4.69, 9.17) is 0 Å². The van der Waals surface area contributed by atoms with Gasteiger partial charge in [-0.2, -0.15) is 5.10 Å². The van der Waals surface area contributed by atoms with Gasteiger partial charge in [-0.1, -0.05) is 18.2 Å². The SMILES string of the molecule is CC1Cc2ccccc2N1C(=O)Cn1ncc(N2CCCC2)cc1=O. The van der Waals surface area contributed by atoms with Gasteiger partial charge in [-0.3, -0.25) is 9.59 Å². The quantitative estimate of drug-likeness (QED) is 0.857. The van der Waals surface area contributed by atoms with E-state index in [-0.39, 0.29) is 24.1 Å². The minimum Gasteiger partial charge on any atom is -0.370 e. The molecule has 25 heavy (non-hydrogen) atoms. The Morgan fingerprint density at radius 3 is 2.76 bits per heavy atom. The average Bonchev–Trinajstić information content (AvgIpc) is 3.23. The highest BCUT2D eigenvalue weighted by molar-refractivity contribution is 5.96. The Labute approximate surface area is 146 Å². The van der Waals surface area contributed by atoms with Gasteiger partial charge >= 0.3 is 0 Å². The highest BCUT2D eigenvalue weighted by atomic mass is 16.2. The lowest BCUT2D eigenvalue weighted by atomic mass is 10.1. The second kappa shape index (κ2) is 6.35. The molecule has 2 aliphatic heterocycles. The second-order valence-electron chi connectivity index (χ2n) is 6.85. The van der Waals surface area contributed by atoms with Crippen LogP contribution in [-0.2, 0) is 17.8 Å².